The first-order valence-corrected chi connectivity index (χ1v) is 5.60. The Hall–Kier alpha value is -1.10. The summed E-state index contributed by atoms with van der Waals surface area (Å²) in [5, 5.41) is 5.38. The van der Waals surface area contributed by atoms with Gasteiger partial charge >= 0.3 is 6.03 Å². The molecule has 82 valence electrons. The molecule has 0 radical (unpaired) electrons. The molecule has 0 aliphatic heterocycles. The average Bonchev–Trinajstić information content (AvgIpc) is 2.20. The fraction of sp³-hybridized carbons (Fsp3) is 0.400. The third-order valence-electron chi connectivity index (χ3n) is 1.80. The molecule has 0 aromatic carbocycles. The lowest BCUT2D eigenvalue weighted by molar-refractivity contribution is 0.252. The Bertz CT molecular complexity index is 355. The molecule has 2 N–H and O–H groups in total. The van der Waals surface area contributed by atoms with E-state index in [1.165, 1.54) is 0 Å². The molecule has 4 nitrogen and oxygen atoms in total. The molecule has 1 rings (SSSR count). The second-order valence-corrected chi connectivity index (χ2v) is 4.00. The highest BCUT2D eigenvalue weighted by atomic mass is 79.9. The van der Waals surface area contributed by atoms with Gasteiger partial charge in [0.05, 0.1) is 5.69 Å². The highest BCUT2D eigenvalue weighted by Crippen LogP contribution is 2.15. The predicted molar refractivity (Wildman–Crippen MR) is 64.0 cm³/mol. The number of aryl methyl sites for hydroxylation is 1. The van der Waals surface area contributed by atoms with Crippen LogP contribution in [0.5, 0.6) is 0 Å². The Morgan fingerprint density at radius 2 is 2.27 bits per heavy atom. The first-order valence-electron chi connectivity index (χ1n) is 4.81. The maximum atomic E-state index is 11.3. The molecule has 0 saturated heterocycles. The van der Waals surface area contributed by atoms with Gasteiger partial charge in [-0.3, -0.25) is 5.32 Å². The number of carbonyl (C=O) groups excluding carboxylic acids is 1. The molecular weight excluding hydrogens is 258 g/mol. The molecule has 0 fully saturated rings. The van der Waals surface area contributed by atoms with Gasteiger partial charge in [0.25, 0.3) is 0 Å². The molecule has 15 heavy (non-hydrogen) atoms. The number of carbonyl (C=O) groups is 1. The van der Waals surface area contributed by atoms with Crippen LogP contribution in [0.4, 0.5) is 10.6 Å². The molecule has 0 bridgehead atoms. The van der Waals surface area contributed by atoms with Crippen LogP contribution < -0.4 is 10.6 Å². The molecule has 1 aromatic rings. The van der Waals surface area contributed by atoms with E-state index in [0.717, 1.165) is 16.6 Å². The van der Waals surface area contributed by atoms with Gasteiger partial charge < -0.3 is 5.32 Å². The number of rotatable bonds is 3. The smallest absolute Gasteiger partial charge is 0.320 e. The van der Waals surface area contributed by atoms with E-state index in [4.69, 9.17) is 0 Å². The summed E-state index contributed by atoms with van der Waals surface area (Å²) in [7, 11) is 0. The van der Waals surface area contributed by atoms with Gasteiger partial charge in [-0.05, 0) is 41.4 Å². The minimum atomic E-state index is -0.217. The zero-order valence-corrected chi connectivity index (χ0v) is 10.4. The highest BCUT2D eigenvalue weighted by Gasteiger charge is 2.02. The number of hydrogen-bond donors (Lipinski definition) is 2. The summed E-state index contributed by atoms with van der Waals surface area (Å²) in [6.45, 7) is 4.54. The summed E-state index contributed by atoms with van der Waals surface area (Å²) >= 11 is 3.35. The lowest BCUT2D eigenvalue weighted by Gasteiger charge is -2.06. The van der Waals surface area contributed by atoms with Gasteiger partial charge in [0, 0.05) is 11.0 Å². The minimum absolute atomic E-state index is 0.217. The van der Waals surface area contributed by atoms with Gasteiger partial charge in [-0.25, -0.2) is 9.78 Å². The fourth-order valence-electron chi connectivity index (χ4n) is 1.01. The predicted octanol–water partition coefficient (Wildman–Crippen LogP) is 2.68. The van der Waals surface area contributed by atoms with E-state index in [9.17, 15) is 4.79 Å². The van der Waals surface area contributed by atoms with E-state index in [-0.39, 0.29) is 6.03 Å². The molecule has 5 heteroatoms. The highest BCUT2D eigenvalue weighted by molar-refractivity contribution is 9.10. The number of amides is 2. The van der Waals surface area contributed by atoms with Gasteiger partial charge in [-0.15, -0.1) is 0 Å². The van der Waals surface area contributed by atoms with E-state index in [1.807, 2.05) is 19.9 Å². The van der Waals surface area contributed by atoms with Crippen LogP contribution in [0, 0.1) is 6.92 Å². The molecule has 0 unspecified atom stereocenters. The Labute approximate surface area is 97.6 Å². The van der Waals surface area contributed by atoms with Crippen LogP contribution in [0.3, 0.4) is 0 Å². The van der Waals surface area contributed by atoms with Gasteiger partial charge in [0.15, 0.2) is 0 Å². The van der Waals surface area contributed by atoms with Crippen LogP contribution in [-0.2, 0) is 0 Å². The van der Waals surface area contributed by atoms with Crippen molar-refractivity contribution in [2.45, 2.75) is 20.3 Å². The molecule has 1 aromatic heterocycles. The Balaban J connectivity index is 2.57. The average molecular weight is 272 g/mol. The second kappa shape index (κ2) is 5.70. The van der Waals surface area contributed by atoms with Gasteiger partial charge in [-0.1, -0.05) is 6.92 Å². The molecule has 0 aliphatic carbocycles. The largest absolute Gasteiger partial charge is 0.338 e. The monoisotopic (exact) mass is 271 g/mol. The molecule has 0 spiro atoms. The normalized spacial score (nSPS) is 9.80. The SMILES string of the molecule is CCCNC(=O)Nc1ccc(Br)c(C)n1. The zero-order chi connectivity index (χ0) is 11.3. The van der Waals surface area contributed by atoms with Crippen molar-refractivity contribution in [2.24, 2.45) is 0 Å². The molecule has 2 amide bonds. The first kappa shape index (κ1) is 12.0. The third kappa shape index (κ3) is 3.87. The van der Waals surface area contributed by atoms with Crippen molar-refractivity contribution in [1.29, 1.82) is 0 Å². The van der Waals surface area contributed by atoms with Crippen LogP contribution in [-0.4, -0.2) is 17.6 Å². The molecule has 0 saturated carbocycles. The quantitative estimate of drug-likeness (QED) is 0.888. The summed E-state index contributed by atoms with van der Waals surface area (Å²) in [5.74, 6) is 0.560. The van der Waals surface area contributed by atoms with Gasteiger partial charge in [0.2, 0.25) is 0 Å². The van der Waals surface area contributed by atoms with Crippen LogP contribution in [0.25, 0.3) is 0 Å². The standard InChI is InChI=1S/C10H14BrN3O/c1-3-6-12-10(15)14-9-5-4-8(11)7(2)13-9/h4-5H,3,6H2,1-2H3,(H2,12,13,14,15). The van der Waals surface area contributed by atoms with E-state index < -0.39 is 0 Å². The van der Waals surface area contributed by atoms with E-state index in [2.05, 4.69) is 31.5 Å². The van der Waals surface area contributed by atoms with Crippen molar-refractivity contribution >= 4 is 27.8 Å². The number of aromatic nitrogens is 1. The molecular formula is C10H14BrN3O. The lowest BCUT2D eigenvalue weighted by Crippen LogP contribution is -2.29. The maximum Gasteiger partial charge on any atom is 0.320 e. The summed E-state index contributed by atoms with van der Waals surface area (Å²) in [6.07, 6.45) is 0.917. The topological polar surface area (TPSA) is 54.0 Å². The van der Waals surface area contributed by atoms with Crippen molar-refractivity contribution in [3.63, 3.8) is 0 Å². The Morgan fingerprint density at radius 3 is 2.87 bits per heavy atom. The van der Waals surface area contributed by atoms with Gasteiger partial charge in [0.1, 0.15) is 5.82 Å². The maximum absolute atomic E-state index is 11.3. The van der Waals surface area contributed by atoms with Crippen molar-refractivity contribution in [3.05, 3.63) is 22.3 Å². The molecule has 1 heterocycles. The van der Waals surface area contributed by atoms with Crippen LogP contribution in [0.2, 0.25) is 0 Å². The number of anilines is 1. The minimum Gasteiger partial charge on any atom is -0.338 e. The number of pyridine rings is 1. The first-order chi connectivity index (χ1) is 7.13. The number of halogens is 1. The summed E-state index contributed by atoms with van der Waals surface area (Å²) in [4.78, 5) is 15.5. The van der Waals surface area contributed by atoms with Crippen LogP contribution in [0.1, 0.15) is 19.0 Å². The molecule has 0 atom stereocenters. The van der Waals surface area contributed by atoms with E-state index in [0.29, 0.717) is 12.4 Å². The van der Waals surface area contributed by atoms with Crippen molar-refractivity contribution in [1.82, 2.24) is 10.3 Å². The lowest BCUT2D eigenvalue weighted by atomic mass is 10.4. The fourth-order valence-corrected chi connectivity index (χ4v) is 1.23. The Morgan fingerprint density at radius 1 is 1.53 bits per heavy atom. The number of nitrogens with zero attached hydrogens (tertiary/aromatic N) is 1. The van der Waals surface area contributed by atoms with Crippen molar-refractivity contribution in [2.75, 3.05) is 11.9 Å². The summed E-state index contributed by atoms with van der Waals surface area (Å²) in [5.41, 5.74) is 0.850. The third-order valence-corrected chi connectivity index (χ3v) is 2.64. The van der Waals surface area contributed by atoms with Crippen LogP contribution in [0.15, 0.2) is 16.6 Å². The Kier molecular flexibility index (Phi) is 4.55. The van der Waals surface area contributed by atoms with Crippen molar-refractivity contribution in [3.8, 4) is 0 Å². The van der Waals surface area contributed by atoms with Crippen LogP contribution >= 0.6 is 15.9 Å². The molecule has 0 aliphatic rings. The summed E-state index contributed by atoms with van der Waals surface area (Å²) < 4.78 is 0.932. The van der Waals surface area contributed by atoms with Crippen molar-refractivity contribution < 1.29 is 4.79 Å². The number of urea groups is 1. The van der Waals surface area contributed by atoms with E-state index in [1.54, 1.807) is 6.07 Å². The second-order valence-electron chi connectivity index (χ2n) is 3.14. The van der Waals surface area contributed by atoms with Gasteiger partial charge in [-0.2, -0.15) is 0 Å². The number of nitrogens with one attached hydrogen (secondary N) is 2. The number of hydrogen-bond acceptors (Lipinski definition) is 2. The summed E-state index contributed by atoms with van der Waals surface area (Å²) in [6, 6.07) is 3.39. The van der Waals surface area contributed by atoms with E-state index >= 15 is 0 Å². The zero-order valence-electron chi connectivity index (χ0n) is 8.80.